The third-order valence-electron chi connectivity index (χ3n) is 4.30. The highest BCUT2D eigenvalue weighted by atomic mass is 32.2. The van der Waals surface area contributed by atoms with Gasteiger partial charge in [-0.2, -0.15) is 4.31 Å². The minimum atomic E-state index is -3.47. The van der Waals surface area contributed by atoms with Gasteiger partial charge in [0.15, 0.2) is 0 Å². The summed E-state index contributed by atoms with van der Waals surface area (Å²) in [6.45, 7) is 0.505. The minimum Gasteiger partial charge on any atom is -0.497 e. The van der Waals surface area contributed by atoms with Crippen molar-refractivity contribution in [2.45, 2.75) is 24.6 Å². The van der Waals surface area contributed by atoms with Gasteiger partial charge in [0.25, 0.3) is 0 Å². The van der Waals surface area contributed by atoms with Crippen LogP contribution in [-0.4, -0.2) is 26.4 Å². The summed E-state index contributed by atoms with van der Waals surface area (Å²) in [5.41, 5.74) is 1.53. The van der Waals surface area contributed by atoms with E-state index in [2.05, 4.69) is 0 Å². The lowest BCUT2D eigenvalue weighted by Gasteiger charge is -2.24. The lowest BCUT2D eigenvalue weighted by atomic mass is 10.1. The van der Waals surface area contributed by atoms with Gasteiger partial charge in [-0.05, 0) is 48.2 Å². The summed E-state index contributed by atoms with van der Waals surface area (Å²) in [5, 5.41) is 0. The van der Waals surface area contributed by atoms with Gasteiger partial charge in [0, 0.05) is 12.6 Å². The van der Waals surface area contributed by atoms with Crippen molar-refractivity contribution in [3.8, 4) is 5.75 Å². The summed E-state index contributed by atoms with van der Waals surface area (Å²) in [6.07, 6.45) is 1.61. The molecule has 0 radical (unpaired) electrons. The third-order valence-corrected chi connectivity index (χ3v) is 6.15. The molecule has 3 rings (SSSR count). The van der Waals surface area contributed by atoms with E-state index in [0.717, 1.165) is 24.2 Å². The Morgan fingerprint density at radius 3 is 2.67 bits per heavy atom. The Balaban J connectivity index is 1.84. The zero-order valence-electron chi connectivity index (χ0n) is 13.5. The van der Waals surface area contributed by atoms with Crippen LogP contribution in [-0.2, 0) is 15.8 Å². The van der Waals surface area contributed by atoms with Crippen LogP contribution >= 0.6 is 0 Å². The molecular weight excluding hydrogens is 329 g/mol. The largest absolute Gasteiger partial charge is 0.497 e. The third kappa shape index (κ3) is 3.60. The molecule has 1 saturated heterocycles. The molecule has 1 unspecified atom stereocenters. The Kier molecular flexibility index (Phi) is 4.87. The molecule has 0 aromatic heterocycles. The van der Waals surface area contributed by atoms with Crippen LogP contribution in [0.5, 0.6) is 5.75 Å². The average molecular weight is 349 g/mol. The number of rotatable bonds is 5. The first kappa shape index (κ1) is 16.9. The number of sulfonamides is 1. The van der Waals surface area contributed by atoms with Gasteiger partial charge in [-0.1, -0.05) is 24.3 Å². The lowest BCUT2D eigenvalue weighted by Crippen LogP contribution is -2.31. The van der Waals surface area contributed by atoms with Gasteiger partial charge < -0.3 is 4.74 Å². The highest BCUT2D eigenvalue weighted by molar-refractivity contribution is 7.88. The Labute approximate surface area is 141 Å². The molecule has 24 heavy (non-hydrogen) atoms. The molecule has 1 heterocycles. The van der Waals surface area contributed by atoms with E-state index in [-0.39, 0.29) is 17.6 Å². The number of methoxy groups -OCH3 is 1. The molecule has 0 spiro atoms. The summed E-state index contributed by atoms with van der Waals surface area (Å²) < 4.78 is 45.5. The molecule has 0 aliphatic carbocycles. The molecular formula is C18H20FNO3S. The SMILES string of the molecule is COc1cccc(C2CCCN2S(=O)(=O)Cc2ccc(F)cc2)c1. The quantitative estimate of drug-likeness (QED) is 0.830. The van der Waals surface area contributed by atoms with Crippen molar-refractivity contribution in [3.05, 3.63) is 65.5 Å². The summed E-state index contributed by atoms with van der Waals surface area (Å²) in [7, 11) is -1.88. The van der Waals surface area contributed by atoms with Crippen molar-refractivity contribution >= 4 is 10.0 Å². The van der Waals surface area contributed by atoms with Gasteiger partial charge in [-0.15, -0.1) is 0 Å². The molecule has 0 amide bonds. The molecule has 1 aliphatic rings. The fraction of sp³-hybridized carbons (Fsp3) is 0.333. The zero-order valence-corrected chi connectivity index (χ0v) is 14.3. The van der Waals surface area contributed by atoms with E-state index in [4.69, 9.17) is 4.74 Å². The van der Waals surface area contributed by atoms with Crippen LogP contribution in [0.3, 0.4) is 0 Å². The molecule has 2 aromatic rings. The molecule has 1 fully saturated rings. The Morgan fingerprint density at radius 1 is 1.21 bits per heavy atom. The van der Waals surface area contributed by atoms with Crippen molar-refractivity contribution in [1.82, 2.24) is 4.31 Å². The normalized spacial score (nSPS) is 18.7. The maximum atomic E-state index is 13.0. The maximum absolute atomic E-state index is 13.0. The number of hydrogen-bond acceptors (Lipinski definition) is 3. The second-order valence-corrected chi connectivity index (χ2v) is 7.85. The monoisotopic (exact) mass is 349 g/mol. The van der Waals surface area contributed by atoms with Gasteiger partial charge in [0.05, 0.1) is 12.9 Å². The fourth-order valence-electron chi connectivity index (χ4n) is 3.13. The number of halogens is 1. The van der Waals surface area contributed by atoms with Crippen molar-refractivity contribution < 1.29 is 17.5 Å². The molecule has 1 aliphatic heterocycles. The highest BCUT2D eigenvalue weighted by Crippen LogP contribution is 2.36. The van der Waals surface area contributed by atoms with Gasteiger partial charge in [0.2, 0.25) is 10.0 Å². The van der Waals surface area contributed by atoms with E-state index < -0.39 is 10.0 Å². The van der Waals surface area contributed by atoms with Crippen LogP contribution in [0.1, 0.15) is 30.0 Å². The van der Waals surface area contributed by atoms with E-state index in [0.29, 0.717) is 12.1 Å². The lowest BCUT2D eigenvalue weighted by molar-refractivity contribution is 0.389. The van der Waals surface area contributed by atoms with Crippen LogP contribution in [0.4, 0.5) is 4.39 Å². The predicted molar refractivity (Wildman–Crippen MR) is 90.7 cm³/mol. The smallest absolute Gasteiger partial charge is 0.218 e. The second kappa shape index (κ2) is 6.91. The topological polar surface area (TPSA) is 46.6 Å². The van der Waals surface area contributed by atoms with Crippen molar-refractivity contribution in [2.75, 3.05) is 13.7 Å². The number of benzene rings is 2. The zero-order chi connectivity index (χ0) is 17.2. The second-order valence-electron chi connectivity index (χ2n) is 5.93. The average Bonchev–Trinajstić information content (AvgIpc) is 3.07. The first-order chi connectivity index (χ1) is 11.5. The van der Waals surface area contributed by atoms with E-state index >= 15 is 0 Å². The van der Waals surface area contributed by atoms with Gasteiger partial charge in [0.1, 0.15) is 11.6 Å². The number of ether oxygens (including phenoxy) is 1. The first-order valence-electron chi connectivity index (χ1n) is 7.87. The highest BCUT2D eigenvalue weighted by Gasteiger charge is 2.35. The Morgan fingerprint density at radius 2 is 1.96 bits per heavy atom. The molecule has 0 saturated carbocycles. The summed E-state index contributed by atoms with van der Waals surface area (Å²) >= 11 is 0. The maximum Gasteiger partial charge on any atom is 0.218 e. The first-order valence-corrected chi connectivity index (χ1v) is 9.48. The molecule has 0 bridgehead atoms. The Hall–Kier alpha value is -1.92. The predicted octanol–water partition coefficient (Wildman–Crippen LogP) is 3.50. The van der Waals surface area contributed by atoms with E-state index in [1.165, 1.54) is 24.3 Å². The number of hydrogen-bond donors (Lipinski definition) is 0. The molecule has 0 N–H and O–H groups in total. The van der Waals surface area contributed by atoms with Crippen LogP contribution in [0.25, 0.3) is 0 Å². The van der Waals surface area contributed by atoms with Crippen LogP contribution < -0.4 is 4.74 Å². The molecule has 4 nitrogen and oxygen atoms in total. The summed E-state index contributed by atoms with van der Waals surface area (Å²) in [5.74, 6) is 0.232. The van der Waals surface area contributed by atoms with Gasteiger partial charge in [-0.25, -0.2) is 12.8 Å². The van der Waals surface area contributed by atoms with Crippen molar-refractivity contribution in [1.29, 1.82) is 0 Å². The van der Waals surface area contributed by atoms with E-state index in [1.54, 1.807) is 11.4 Å². The molecule has 2 aromatic carbocycles. The number of nitrogens with zero attached hydrogens (tertiary/aromatic N) is 1. The van der Waals surface area contributed by atoms with Crippen molar-refractivity contribution in [3.63, 3.8) is 0 Å². The molecule has 128 valence electrons. The summed E-state index contributed by atoms with van der Waals surface area (Å²) in [6, 6.07) is 13.0. The van der Waals surface area contributed by atoms with E-state index in [1.807, 2.05) is 24.3 Å². The van der Waals surface area contributed by atoms with Gasteiger partial charge in [-0.3, -0.25) is 0 Å². The summed E-state index contributed by atoms with van der Waals surface area (Å²) in [4.78, 5) is 0. The minimum absolute atomic E-state index is 0.117. The fourth-order valence-corrected chi connectivity index (χ4v) is 4.93. The Bertz CT molecular complexity index is 805. The standard InChI is InChI=1S/C18H20FNO3S/c1-23-17-5-2-4-15(12-17)18-6-3-11-20(18)24(21,22)13-14-7-9-16(19)10-8-14/h2,4-5,7-10,12,18H,3,6,11,13H2,1H3. The van der Waals surface area contributed by atoms with Crippen LogP contribution in [0, 0.1) is 5.82 Å². The van der Waals surface area contributed by atoms with Gasteiger partial charge >= 0.3 is 0 Å². The molecule has 1 atom stereocenters. The van der Waals surface area contributed by atoms with Crippen LogP contribution in [0.15, 0.2) is 48.5 Å². The molecule has 6 heteroatoms. The van der Waals surface area contributed by atoms with Crippen molar-refractivity contribution in [2.24, 2.45) is 0 Å². The van der Waals surface area contributed by atoms with Crippen LogP contribution in [0.2, 0.25) is 0 Å². The van der Waals surface area contributed by atoms with E-state index in [9.17, 15) is 12.8 Å².